The maximum absolute atomic E-state index is 13.2. The van der Waals surface area contributed by atoms with Crippen molar-refractivity contribution in [3.8, 4) is 17.1 Å². The first-order valence-corrected chi connectivity index (χ1v) is 11.3. The maximum Gasteiger partial charge on any atom is 0.255 e. The molecule has 0 aliphatic carbocycles. The molecule has 34 heavy (non-hydrogen) atoms. The van der Waals surface area contributed by atoms with Gasteiger partial charge in [0.15, 0.2) is 5.76 Å². The van der Waals surface area contributed by atoms with Crippen LogP contribution in [0.3, 0.4) is 0 Å². The van der Waals surface area contributed by atoms with Gasteiger partial charge in [-0.3, -0.25) is 9.59 Å². The van der Waals surface area contributed by atoms with Crippen LogP contribution in [-0.2, 0) is 6.54 Å². The van der Waals surface area contributed by atoms with E-state index in [9.17, 15) is 9.59 Å². The fourth-order valence-corrected chi connectivity index (χ4v) is 3.51. The lowest BCUT2D eigenvalue weighted by Crippen LogP contribution is -2.32. The lowest BCUT2D eigenvalue weighted by atomic mass is 10.1. The van der Waals surface area contributed by atoms with Crippen molar-refractivity contribution in [2.75, 3.05) is 0 Å². The predicted molar refractivity (Wildman–Crippen MR) is 131 cm³/mol. The number of carbonyl (C=O) groups excluding carboxylic acids is 2. The molecule has 0 saturated heterocycles. The number of aryl methyl sites for hydroxylation is 1. The number of carbonyl (C=O) groups is 2. The van der Waals surface area contributed by atoms with Crippen LogP contribution in [0.5, 0.6) is 0 Å². The minimum atomic E-state index is -0.277. The van der Waals surface area contributed by atoms with E-state index in [4.69, 9.17) is 4.42 Å². The minimum Gasteiger partial charge on any atom is -0.460 e. The number of hydrogen-bond acceptors (Lipinski definition) is 4. The average Bonchev–Trinajstić information content (AvgIpc) is 3.49. The second kappa shape index (κ2) is 10.2. The highest BCUT2D eigenvalue weighted by atomic mass is 16.3. The third-order valence-electron chi connectivity index (χ3n) is 5.59. The molecule has 2 N–H and O–H groups in total. The van der Waals surface area contributed by atoms with Gasteiger partial charge in [-0.05, 0) is 62.2 Å². The maximum atomic E-state index is 13.2. The van der Waals surface area contributed by atoms with Gasteiger partial charge in [0.2, 0.25) is 0 Å². The minimum absolute atomic E-state index is 0.0978. The first kappa shape index (κ1) is 23.0. The smallest absolute Gasteiger partial charge is 0.255 e. The summed E-state index contributed by atoms with van der Waals surface area (Å²) in [6, 6.07) is 20.6. The van der Waals surface area contributed by atoms with Crippen molar-refractivity contribution in [3.63, 3.8) is 0 Å². The fourth-order valence-electron chi connectivity index (χ4n) is 3.51. The Labute approximate surface area is 198 Å². The van der Waals surface area contributed by atoms with Gasteiger partial charge in [-0.25, -0.2) is 4.68 Å². The molecule has 4 rings (SSSR count). The largest absolute Gasteiger partial charge is 0.460 e. The number of rotatable bonds is 8. The van der Waals surface area contributed by atoms with Gasteiger partial charge in [0.05, 0.1) is 11.3 Å². The zero-order valence-electron chi connectivity index (χ0n) is 19.5. The summed E-state index contributed by atoms with van der Waals surface area (Å²) in [5.74, 6) is 0.868. The molecule has 1 atom stereocenters. The van der Waals surface area contributed by atoms with Crippen molar-refractivity contribution in [3.05, 3.63) is 95.4 Å². The zero-order chi connectivity index (χ0) is 24.1. The van der Waals surface area contributed by atoms with Crippen LogP contribution in [0.15, 0.2) is 77.3 Å². The Morgan fingerprint density at radius 1 is 1.03 bits per heavy atom. The molecule has 7 heteroatoms. The highest BCUT2D eigenvalue weighted by Crippen LogP contribution is 2.26. The summed E-state index contributed by atoms with van der Waals surface area (Å²) >= 11 is 0. The van der Waals surface area contributed by atoms with E-state index in [0.29, 0.717) is 22.6 Å². The second-order valence-corrected chi connectivity index (χ2v) is 8.25. The summed E-state index contributed by atoms with van der Waals surface area (Å²) in [6.45, 7) is 6.11. The first-order valence-electron chi connectivity index (χ1n) is 11.3. The van der Waals surface area contributed by atoms with Gasteiger partial charge in [0, 0.05) is 24.3 Å². The Morgan fingerprint density at radius 2 is 1.82 bits per heavy atom. The molecule has 1 unspecified atom stereocenters. The van der Waals surface area contributed by atoms with Crippen molar-refractivity contribution >= 4 is 11.8 Å². The van der Waals surface area contributed by atoms with Crippen LogP contribution < -0.4 is 10.6 Å². The van der Waals surface area contributed by atoms with Crippen molar-refractivity contribution in [2.24, 2.45) is 0 Å². The molecule has 0 saturated carbocycles. The van der Waals surface area contributed by atoms with Crippen molar-refractivity contribution < 1.29 is 14.0 Å². The molecule has 2 aromatic heterocycles. The molecule has 0 fully saturated rings. The van der Waals surface area contributed by atoms with E-state index >= 15 is 0 Å². The third-order valence-corrected chi connectivity index (χ3v) is 5.59. The summed E-state index contributed by atoms with van der Waals surface area (Å²) < 4.78 is 7.42. The van der Waals surface area contributed by atoms with E-state index in [1.807, 2.05) is 75.4 Å². The van der Waals surface area contributed by atoms with Crippen LogP contribution in [0.2, 0.25) is 0 Å². The number of amides is 2. The molecule has 7 nitrogen and oxygen atoms in total. The standard InChI is InChI=1S/C27H28N4O3/c1-4-18(2)29-26(32)21-10-8-9-20(15-21)16-28-27(33)23-17-31(22-11-6-5-7-12-22)30-25(23)24-14-13-19(3)34-24/h5-15,17-18H,4,16H2,1-3H3,(H,28,33)(H,29,32). The van der Waals surface area contributed by atoms with E-state index in [1.165, 1.54) is 0 Å². The predicted octanol–water partition coefficient (Wildman–Crippen LogP) is 4.90. The number of benzene rings is 2. The van der Waals surface area contributed by atoms with E-state index in [2.05, 4.69) is 15.7 Å². The Hall–Kier alpha value is -4.13. The topological polar surface area (TPSA) is 89.2 Å². The molecule has 0 aliphatic rings. The molecule has 2 amide bonds. The Morgan fingerprint density at radius 3 is 2.53 bits per heavy atom. The van der Waals surface area contributed by atoms with Crippen LogP contribution in [0.4, 0.5) is 0 Å². The summed E-state index contributed by atoms with van der Waals surface area (Å²) in [5, 5.41) is 10.5. The lowest BCUT2D eigenvalue weighted by Gasteiger charge is -2.12. The number of nitrogens with one attached hydrogen (secondary N) is 2. The fraction of sp³-hybridized carbons (Fsp3) is 0.222. The molecule has 0 radical (unpaired) electrons. The zero-order valence-corrected chi connectivity index (χ0v) is 19.5. The lowest BCUT2D eigenvalue weighted by molar-refractivity contribution is 0.0936. The number of nitrogens with zero attached hydrogens (tertiary/aromatic N) is 2. The van der Waals surface area contributed by atoms with Crippen LogP contribution >= 0.6 is 0 Å². The Bertz CT molecular complexity index is 1290. The third kappa shape index (κ3) is 5.26. The van der Waals surface area contributed by atoms with Crippen molar-refractivity contribution in [1.82, 2.24) is 20.4 Å². The molecular weight excluding hydrogens is 428 g/mol. The van der Waals surface area contributed by atoms with E-state index < -0.39 is 0 Å². The van der Waals surface area contributed by atoms with Gasteiger partial charge in [-0.2, -0.15) is 5.10 Å². The first-order chi connectivity index (χ1) is 16.4. The quantitative estimate of drug-likeness (QED) is 0.395. The number of para-hydroxylation sites is 1. The van der Waals surface area contributed by atoms with E-state index in [1.54, 1.807) is 23.0 Å². The monoisotopic (exact) mass is 456 g/mol. The summed E-state index contributed by atoms with van der Waals surface area (Å²) in [6.07, 6.45) is 2.56. The molecular formula is C27H28N4O3. The second-order valence-electron chi connectivity index (χ2n) is 8.25. The van der Waals surface area contributed by atoms with Crippen LogP contribution in [0, 0.1) is 6.92 Å². The van der Waals surface area contributed by atoms with Crippen LogP contribution in [-0.4, -0.2) is 27.6 Å². The highest BCUT2D eigenvalue weighted by Gasteiger charge is 2.21. The molecule has 0 spiro atoms. The van der Waals surface area contributed by atoms with Crippen LogP contribution in [0.1, 0.15) is 52.3 Å². The molecule has 4 aromatic rings. The Balaban J connectivity index is 1.55. The average molecular weight is 457 g/mol. The number of aromatic nitrogens is 2. The molecule has 2 heterocycles. The highest BCUT2D eigenvalue weighted by molar-refractivity contribution is 5.99. The van der Waals surface area contributed by atoms with Gasteiger partial charge >= 0.3 is 0 Å². The van der Waals surface area contributed by atoms with Gasteiger partial charge in [-0.1, -0.05) is 37.3 Å². The van der Waals surface area contributed by atoms with E-state index in [0.717, 1.165) is 23.4 Å². The van der Waals surface area contributed by atoms with Crippen molar-refractivity contribution in [2.45, 2.75) is 39.8 Å². The normalized spacial score (nSPS) is 11.7. The molecule has 174 valence electrons. The molecule has 2 aromatic carbocycles. The Kier molecular flexibility index (Phi) is 6.92. The molecule has 0 aliphatic heterocycles. The summed E-state index contributed by atoms with van der Waals surface area (Å²) in [7, 11) is 0. The van der Waals surface area contributed by atoms with Gasteiger partial charge < -0.3 is 15.1 Å². The van der Waals surface area contributed by atoms with Gasteiger partial charge in [0.1, 0.15) is 11.5 Å². The SMILES string of the molecule is CCC(C)NC(=O)c1cccc(CNC(=O)c2cn(-c3ccccc3)nc2-c2ccc(C)o2)c1. The van der Waals surface area contributed by atoms with Crippen molar-refractivity contribution in [1.29, 1.82) is 0 Å². The van der Waals surface area contributed by atoms with Gasteiger partial charge in [0.25, 0.3) is 11.8 Å². The summed E-state index contributed by atoms with van der Waals surface area (Å²) in [4.78, 5) is 25.6. The number of hydrogen-bond donors (Lipinski definition) is 2. The molecule has 0 bridgehead atoms. The van der Waals surface area contributed by atoms with Gasteiger partial charge in [-0.15, -0.1) is 0 Å². The number of furan rings is 1. The van der Waals surface area contributed by atoms with E-state index in [-0.39, 0.29) is 24.4 Å². The van der Waals surface area contributed by atoms with Crippen LogP contribution in [0.25, 0.3) is 17.1 Å². The summed E-state index contributed by atoms with van der Waals surface area (Å²) in [5.41, 5.74) is 3.11.